The molecule has 27 heavy (non-hydrogen) atoms. The number of carbonyl (C=O) groups is 1. The van der Waals surface area contributed by atoms with Gasteiger partial charge in [0, 0.05) is 6.42 Å². The number of hydrogen-bond donors (Lipinski definition) is 0. The zero-order valence-electron chi connectivity index (χ0n) is 16.7. The average molecular weight is 372 g/mol. The second-order valence-electron chi connectivity index (χ2n) is 5.50. The summed E-state index contributed by atoms with van der Waals surface area (Å²) in [5.74, 6) is 1.98. The zero-order valence-corrected chi connectivity index (χ0v) is 16.7. The van der Waals surface area contributed by atoms with Gasteiger partial charge in [-0.3, -0.25) is 4.79 Å². The Morgan fingerprint density at radius 1 is 1.11 bits per heavy atom. The molecule has 0 fully saturated rings. The molecule has 0 unspecified atom stereocenters. The van der Waals surface area contributed by atoms with Crippen LogP contribution in [-0.2, 0) is 4.74 Å². The molecule has 1 rings (SSSR count). The van der Waals surface area contributed by atoms with Crippen molar-refractivity contribution in [3.63, 3.8) is 0 Å². The van der Waals surface area contributed by atoms with E-state index >= 15 is 0 Å². The fourth-order valence-electron chi connectivity index (χ4n) is 2.52. The molecule has 5 nitrogen and oxygen atoms in total. The van der Waals surface area contributed by atoms with Gasteiger partial charge in [-0.05, 0) is 37.6 Å². The fourth-order valence-corrected chi connectivity index (χ4v) is 2.52. The summed E-state index contributed by atoms with van der Waals surface area (Å²) in [7, 11) is 4.54. The molecule has 0 heterocycles. The Balaban J connectivity index is 3.02. The van der Waals surface area contributed by atoms with Crippen molar-refractivity contribution in [2.24, 2.45) is 0 Å². The summed E-state index contributed by atoms with van der Waals surface area (Å²) in [6.07, 6.45) is 9.29. The van der Waals surface area contributed by atoms with Gasteiger partial charge in [0.25, 0.3) is 0 Å². The first-order chi connectivity index (χ1) is 13.0. The molecule has 5 heteroatoms. The summed E-state index contributed by atoms with van der Waals surface area (Å²) < 4.78 is 21.4. The number of methoxy groups -OCH3 is 3. The number of ether oxygens (including phenoxy) is 4. The first-order valence-corrected chi connectivity index (χ1v) is 8.64. The van der Waals surface area contributed by atoms with Crippen LogP contribution in [0.4, 0.5) is 0 Å². The molecule has 0 N–H and O–H groups in total. The summed E-state index contributed by atoms with van der Waals surface area (Å²) in [6, 6.07) is 3.37. The maximum atomic E-state index is 12.6. The number of Topliss-reactive ketones (excluding diaryl/α,β-unsaturated/α-hetero) is 1. The van der Waals surface area contributed by atoms with Crippen molar-refractivity contribution in [1.29, 1.82) is 0 Å². The molecule has 146 valence electrons. The van der Waals surface area contributed by atoms with E-state index in [1.54, 1.807) is 24.3 Å². The van der Waals surface area contributed by atoms with Crippen LogP contribution in [0.1, 0.15) is 30.6 Å². The first kappa shape index (κ1) is 22.1. The Labute approximate surface area is 161 Å². The summed E-state index contributed by atoms with van der Waals surface area (Å²) in [6.45, 7) is 8.13. The molecule has 1 aromatic carbocycles. The molecular weight excluding hydrogens is 344 g/mol. The van der Waals surface area contributed by atoms with Crippen molar-refractivity contribution in [2.75, 3.05) is 27.9 Å². The minimum Gasteiger partial charge on any atom is -0.499 e. The lowest BCUT2D eigenvalue weighted by atomic mass is 10.0. The van der Waals surface area contributed by atoms with Gasteiger partial charge in [-0.1, -0.05) is 30.9 Å². The van der Waals surface area contributed by atoms with Crippen LogP contribution >= 0.6 is 0 Å². The van der Waals surface area contributed by atoms with E-state index in [1.807, 2.05) is 32.1 Å². The third-order valence-corrected chi connectivity index (χ3v) is 3.67. The van der Waals surface area contributed by atoms with E-state index < -0.39 is 0 Å². The fraction of sp³-hybridized carbons (Fsp3) is 0.318. The van der Waals surface area contributed by atoms with E-state index in [-0.39, 0.29) is 12.2 Å². The van der Waals surface area contributed by atoms with Crippen molar-refractivity contribution in [1.82, 2.24) is 0 Å². The highest BCUT2D eigenvalue weighted by Crippen LogP contribution is 2.40. The van der Waals surface area contributed by atoms with Crippen LogP contribution < -0.4 is 14.2 Å². The maximum Gasteiger partial charge on any atom is 0.204 e. The lowest BCUT2D eigenvalue weighted by molar-refractivity contribution is 0.0992. The number of carbonyl (C=O) groups excluding carboxylic acids is 1. The predicted octanol–water partition coefficient (Wildman–Crippen LogP) is 4.89. The minimum absolute atomic E-state index is 0.0903. The van der Waals surface area contributed by atoms with Crippen LogP contribution in [0.25, 0.3) is 0 Å². The van der Waals surface area contributed by atoms with E-state index in [2.05, 4.69) is 6.58 Å². The van der Waals surface area contributed by atoms with Gasteiger partial charge >= 0.3 is 0 Å². The van der Waals surface area contributed by atoms with Gasteiger partial charge in [0.2, 0.25) is 5.75 Å². The van der Waals surface area contributed by atoms with Crippen LogP contribution in [0.3, 0.4) is 0 Å². The van der Waals surface area contributed by atoms with Crippen LogP contribution in [0.15, 0.2) is 60.4 Å². The summed E-state index contributed by atoms with van der Waals surface area (Å²) in [5.41, 5.74) is 1.33. The molecule has 0 radical (unpaired) electrons. The van der Waals surface area contributed by atoms with E-state index in [0.717, 1.165) is 11.3 Å². The van der Waals surface area contributed by atoms with Crippen LogP contribution in [0.2, 0.25) is 0 Å². The van der Waals surface area contributed by atoms with Crippen molar-refractivity contribution in [2.45, 2.75) is 20.3 Å². The maximum absolute atomic E-state index is 12.6. The standard InChI is InChI=1S/C22H28O5/c1-7-10-17(15-16(3)27-8-2)11-9-12-19(23)18-13-14-20(24-4)22(26-6)21(18)25-5/h7,9-11,13-15H,1,8,12H2,2-6H3/b11-9+,16-15+,17-10-. The molecular formula is C22H28O5. The van der Waals surface area contributed by atoms with Crippen molar-refractivity contribution >= 4 is 5.78 Å². The third kappa shape index (κ3) is 6.37. The Kier molecular flexibility index (Phi) is 9.51. The monoisotopic (exact) mass is 372 g/mol. The Morgan fingerprint density at radius 3 is 2.37 bits per heavy atom. The molecule has 0 spiro atoms. The van der Waals surface area contributed by atoms with Crippen molar-refractivity contribution in [3.8, 4) is 17.2 Å². The van der Waals surface area contributed by atoms with Crippen molar-refractivity contribution in [3.05, 3.63) is 66.0 Å². The van der Waals surface area contributed by atoms with Crippen LogP contribution in [-0.4, -0.2) is 33.7 Å². The molecule has 0 aromatic heterocycles. The summed E-state index contributed by atoms with van der Waals surface area (Å²) in [4.78, 5) is 12.6. The average Bonchev–Trinajstić information content (AvgIpc) is 2.66. The summed E-state index contributed by atoms with van der Waals surface area (Å²) in [5, 5.41) is 0. The van der Waals surface area contributed by atoms with Gasteiger partial charge in [0.1, 0.15) is 0 Å². The Hall–Kier alpha value is -2.95. The zero-order chi connectivity index (χ0) is 20.2. The molecule has 0 amide bonds. The molecule has 0 aliphatic heterocycles. The van der Waals surface area contributed by atoms with Gasteiger partial charge in [0.05, 0.1) is 39.3 Å². The summed E-state index contributed by atoms with van der Waals surface area (Å²) >= 11 is 0. The van der Waals surface area contributed by atoms with Gasteiger partial charge in [-0.2, -0.15) is 0 Å². The van der Waals surface area contributed by atoms with E-state index in [9.17, 15) is 4.79 Å². The minimum atomic E-state index is -0.0903. The molecule has 1 aromatic rings. The second kappa shape index (κ2) is 11.6. The molecule has 0 aliphatic carbocycles. The Bertz CT molecular complexity index is 741. The molecule has 0 aliphatic rings. The second-order valence-corrected chi connectivity index (χ2v) is 5.50. The van der Waals surface area contributed by atoms with Crippen molar-refractivity contribution < 1.29 is 23.7 Å². The third-order valence-electron chi connectivity index (χ3n) is 3.67. The largest absolute Gasteiger partial charge is 0.499 e. The van der Waals surface area contributed by atoms with E-state index in [0.29, 0.717) is 29.4 Å². The Morgan fingerprint density at radius 2 is 1.81 bits per heavy atom. The van der Waals surface area contributed by atoms with Gasteiger partial charge < -0.3 is 18.9 Å². The topological polar surface area (TPSA) is 54.0 Å². The van der Waals surface area contributed by atoms with Crippen LogP contribution in [0.5, 0.6) is 17.2 Å². The predicted molar refractivity (Wildman–Crippen MR) is 108 cm³/mol. The smallest absolute Gasteiger partial charge is 0.204 e. The van der Waals surface area contributed by atoms with Gasteiger partial charge in [-0.15, -0.1) is 0 Å². The number of benzene rings is 1. The molecule has 0 bridgehead atoms. The highest BCUT2D eigenvalue weighted by Gasteiger charge is 2.19. The normalized spacial score (nSPS) is 12.0. The molecule has 0 atom stereocenters. The van der Waals surface area contributed by atoms with Gasteiger partial charge in [0.15, 0.2) is 17.3 Å². The highest BCUT2D eigenvalue weighted by molar-refractivity contribution is 6.00. The van der Waals surface area contributed by atoms with E-state index in [1.165, 1.54) is 21.3 Å². The lowest BCUT2D eigenvalue weighted by Crippen LogP contribution is -2.04. The highest BCUT2D eigenvalue weighted by atomic mass is 16.5. The number of allylic oxidation sites excluding steroid dienone is 7. The quantitative estimate of drug-likeness (QED) is 0.314. The first-order valence-electron chi connectivity index (χ1n) is 8.64. The number of hydrogen-bond acceptors (Lipinski definition) is 5. The molecule has 0 saturated heterocycles. The number of ketones is 1. The van der Waals surface area contributed by atoms with Crippen LogP contribution in [0, 0.1) is 0 Å². The molecule has 0 saturated carbocycles. The van der Waals surface area contributed by atoms with Gasteiger partial charge in [-0.25, -0.2) is 0 Å². The SMILES string of the molecule is C=C/C=C(/C=C/CC(=O)c1ccc(OC)c(OC)c1OC)\C=C(/C)OCC. The lowest BCUT2D eigenvalue weighted by Gasteiger charge is -2.14. The number of rotatable bonds is 11. The van der Waals surface area contributed by atoms with E-state index in [4.69, 9.17) is 18.9 Å².